The first-order valence-electron chi connectivity index (χ1n) is 5.65. The lowest BCUT2D eigenvalue weighted by molar-refractivity contribution is 0.158. The van der Waals surface area contributed by atoms with E-state index < -0.39 is 0 Å². The van der Waals surface area contributed by atoms with Gasteiger partial charge in [0.15, 0.2) is 0 Å². The Bertz CT molecular complexity index is 195. The SMILES string of the molecule is CCOCC1=CC2CCCC(C1)C2. The average Bonchev–Trinajstić information content (AvgIpc) is 2.14. The van der Waals surface area contributed by atoms with Gasteiger partial charge in [0.2, 0.25) is 0 Å². The van der Waals surface area contributed by atoms with Gasteiger partial charge < -0.3 is 4.74 Å². The van der Waals surface area contributed by atoms with Gasteiger partial charge in [-0.3, -0.25) is 0 Å². The average molecular weight is 180 g/mol. The first-order valence-corrected chi connectivity index (χ1v) is 5.65. The smallest absolute Gasteiger partial charge is 0.0676 e. The summed E-state index contributed by atoms with van der Waals surface area (Å²) in [5, 5.41) is 0. The maximum Gasteiger partial charge on any atom is 0.0676 e. The van der Waals surface area contributed by atoms with E-state index in [1.807, 2.05) is 0 Å². The fourth-order valence-electron chi connectivity index (χ4n) is 2.78. The molecule has 1 nitrogen and oxygen atoms in total. The first-order chi connectivity index (χ1) is 6.38. The Kier molecular flexibility index (Phi) is 3.05. The number of allylic oxidation sites excluding steroid dienone is 1. The van der Waals surface area contributed by atoms with Crippen LogP contribution in [0.2, 0.25) is 0 Å². The van der Waals surface area contributed by atoms with Crippen LogP contribution in [-0.2, 0) is 4.74 Å². The van der Waals surface area contributed by atoms with Gasteiger partial charge >= 0.3 is 0 Å². The van der Waals surface area contributed by atoms with Crippen molar-refractivity contribution in [3.8, 4) is 0 Å². The molecule has 2 rings (SSSR count). The molecular weight excluding hydrogens is 160 g/mol. The summed E-state index contributed by atoms with van der Waals surface area (Å²) >= 11 is 0. The Morgan fingerprint density at radius 3 is 3.15 bits per heavy atom. The van der Waals surface area contributed by atoms with E-state index in [0.717, 1.165) is 25.0 Å². The molecule has 2 unspecified atom stereocenters. The summed E-state index contributed by atoms with van der Waals surface area (Å²) in [6.07, 6.45) is 9.59. The molecule has 2 bridgehead atoms. The largest absolute Gasteiger partial charge is 0.377 e. The summed E-state index contributed by atoms with van der Waals surface area (Å²) in [5.41, 5.74) is 1.57. The minimum Gasteiger partial charge on any atom is -0.377 e. The zero-order chi connectivity index (χ0) is 9.10. The highest BCUT2D eigenvalue weighted by atomic mass is 16.5. The van der Waals surface area contributed by atoms with Crippen LogP contribution in [0, 0.1) is 11.8 Å². The van der Waals surface area contributed by atoms with E-state index >= 15 is 0 Å². The van der Waals surface area contributed by atoms with Gasteiger partial charge in [-0.15, -0.1) is 0 Å². The second-order valence-electron chi connectivity index (χ2n) is 4.46. The molecule has 0 aromatic carbocycles. The Balaban J connectivity index is 1.92. The summed E-state index contributed by atoms with van der Waals surface area (Å²) in [5.74, 6) is 1.88. The van der Waals surface area contributed by atoms with Gasteiger partial charge in [0.05, 0.1) is 6.61 Å². The maximum absolute atomic E-state index is 5.47. The second kappa shape index (κ2) is 4.28. The van der Waals surface area contributed by atoms with Crippen LogP contribution in [0.15, 0.2) is 11.6 Å². The van der Waals surface area contributed by atoms with Crippen LogP contribution >= 0.6 is 0 Å². The minimum absolute atomic E-state index is 0.854. The molecule has 2 aliphatic rings. The van der Waals surface area contributed by atoms with Crippen molar-refractivity contribution in [2.24, 2.45) is 11.8 Å². The monoisotopic (exact) mass is 180 g/mol. The molecule has 0 spiro atoms. The van der Waals surface area contributed by atoms with Crippen molar-refractivity contribution in [2.75, 3.05) is 13.2 Å². The zero-order valence-electron chi connectivity index (χ0n) is 8.59. The molecule has 0 aromatic rings. The number of hydrogen-bond acceptors (Lipinski definition) is 1. The Morgan fingerprint density at radius 2 is 2.38 bits per heavy atom. The van der Waals surface area contributed by atoms with Gasteiger partial charge in [0, 0.05) is 6.61 Å². The quantitative estimate of drug-likeness (QED) is 0.606. The molecule has 0 heterocycles. The van der Waals surface area contributed by atoms with Crippen LogP contribution in [0.25, 0.3) is 0 Å². The van der Waals surface area contributed by atoms with Crippen LogP contribution < -0.4 is 0 Å². The second-order valence-corrected chi connectivity index (χ2v) is 4.46. The molecule has 0 N–H and O–H groups in total. The molecule has 13 heavy (non-hydrogen) atoms. The number of fused-ring (bicyclic) bond motifs is 2. The van der Waals surface area contributed by atoms with Crippen molar-refractivity contribution >= 4 is 0 Å². The van der Waals surface area contributed by atoms with Crippen LogP contribution in [-0.4, -0.2) is 13.2 Å². The third-order valence-corrected chi connectivity index (χ3v) is 3.34. The van der Waals surface area contributed by atoms with E-state index in [2.05, 4.69) is 13.0 Å². The van der Waals surface area contributed by atoms with Gasteiger partial charge in [0.1, 0.15) is 0 Å². The van der Waals surface area contributed by atoms with Crippen molar-refractivity contribution < 1.29 is 4.74 Å². The number of rotatable bonds is 3. The molecule has 74 valence electrons. The highest BCUT2D eigenvalue weighted by Gasteiger charge is 2.25. The molecule has 0 saturated heterocycles. The molecular formula is C12H20O. The van der Waals surface area contributed by atoms with E-state index in [1.54, 1.807) is 5.57 Å². The van der Waals surface area contributed by atoms with Crippen LogP contribution in [0.4, 0.5) is 0 Å². The lowest BCUT2D eigenvalue weighted by Crippen LogP contribution is -2.21. The molecule has 0 amide bonds. The molecule has 1 heteroatoms. The first kappa shape index (κ1) is 9.26. The van der Waals surface area contributed by atoms with Gasteiger partial charge in [-0.1, -0.05) is 18.9 Å². The lowest BCUT2D eigenvalue weighted by Gasteiger charge is -2.33. The van der Waals surface area contributed by atoms with Gasteiger partial charge in [-0.2, -0.15) is 0 Å². The molecule has 0 aliphatic heterocycles. The topological polar surface area (TPSA) is 9.23 Å². The van der Waals surface area contributed by atoms with Crippen molar-refractivity contribution in [3.05, 3.63) is 11.6 Å². The standard InChI is InChI=1S/C12H20O/c1-2-13-9-12-7-10-4-3-5-11(6-10)8-12/h7,10-11H,2-6,8-9H2,1H3. The van der Waals surface area contributed by atoms with E-state index in [4.69, 9.17) is 4.74 Å². The highest BCUT2D eigenvalue weighted by molar-refractivity contribution is 5.11. The molecule has 0 radical (unpaired) electrons. The normalized spacial score (nSPS) is 32.8. The fraction of sp³-hybridized carbons (Fsp3) is 0.833. The molecule has 2 aliphatic carbocycles. The number of ether oxygens (including phenoxy) is 1. The predicted molar refractivity (Wildman–Crippen MR) is 54.6 cm³/mol. The summed E-state index contributed by atoms with van der Waals surface area (Å²) in [6.45, 7) is 3.82. The summed E-state index contributed by atoms with van der Waals surface area (Å²) < 4.78 is 5.47. The predicted octanol–water partition coefficient (Wildman–Crippen LogP) is 3.16. The third-order valence-electron chi connectivity index (χ3n) is 3.34. The van der Waals surface area contributed by atoms with E-state index in [0.29, 0.717) is 0 Å². The summed E-state index contributed by atoms with van der Waals surface area (Å²) in [6, 6.07) is 0. The van der Waals surface area contributed by atoms with Crippen molar-refractivity contribution in [1.29, 1.82) is 0 Å². The van der Waals surface area contributed by atoms with Crippen molar-refractivity contribution in [2.45, 2.75) is 39.0 Å². The Hall–Kier alpha value is -0.300. The van der Waals surface area contributed by atoms with Gasteiger partial charge in [0.25, 0.3) is 0 Å². The summed E-state index contributed by atoms with van der Waals surface area (Å²) in [4.78, 5) is 0. The van der Waals surface area contributed by atoms with Gasteiger partial charge in [-0.25, -0.2) is 0 Å². The van der Waals surface area contributed by atoms with Crippen molar-refractivity contribution in [3.63, 3.8) is 0 Å². The van der Waals surface area contributed by atoms with Gasteiger partial charge in [-0.05, 0) is 43.6 Å². The lowest BCUT2D eigenvalue weighted by atomic mass is 9.73. The molecule has 0 aromatic heterocycles. The van der Waals surface area contributed by atoms with Crippen LogP contribution in [0.5, 0.6) is 0 Å². The molecule has 1 fully saturated rings. The maximum atomic E-state index is 5.47. The van der Waals surface area contributed by atoms with Crippen molar-refractivity contribution in [1.82, 2.24) is 0 Å². The Labute approximate surface area is 81.2 Å². The minimum atomic E-state index is 0.854. The highest BCUT2D eigenvalue weighted by Crippen LogP contribution is 2.38. The van der Waals surface area contributed by atoms with E-state index in [-0.39, 0.29) is 0 Å². The molecule has 1 saturated carbocycles. The summed E-state index contributed by atoms with van der Waals surface area (Å²) in [7, 11) is 0. The van der Waals surface area contributed by atoms with E-state index in [1.165, 1.54) is 32.1 Å². The fourth-order valence-corrected chi connectivity index (χ4v) is 2.78. The zero-order valence-corrected chi connectivity index (χ0v) is 8.59. The van der Waals surface area contributed by atoms with Crippen LogP contribution in [0.3, 0.4) is 0 Å². The number of hydrogen-bond donors (Lipinski definition) is 0. The van der Waals surface area contributed by atoms with Crippen LogP contribution in [0.1, 0.15) is 39.0 Å². The van der Waals surface area contributed by atoms with E-state index in [9.17, 15) is 0 Å². The third kappa shape index (κ3) is 2.34. The Morgan fingerprint density at radius 1 is 1.46 bits per heavy atom. The molecule has 2 atom stereocenters.